The summed E-state index contributed by atoms with van der Waals surface area (Å²) in [5.41, 5.74) is -6.30. The summed E-state index contributed by atoms with van der Waals surface area (Å²) in [6, 6.07) is 10.8. The third-order valence-corrected chi connectivity index (χ3v) is 4.98. The third-order valence-electron chi connectivity index (χ3n) is 4.98. The maximum atomic E-state index is 9.77. The molecule has 1 aliphatic rings. The maximum absolute atomic E-state index is 9.77. The lowest BCUT2D eigenvalue weighted by molar-refractivity contribution is 0.147. The minimum Gasteiger partial charge on any atom is -0.196 e. The van der Waals surface area contributed by atoms with Crippen LogP contribution in [0.3, 0.4) is 0 Å². The summed E-state index contributed by atoms with van der Waals surface area (Å²) in [5, 5.41) is 58.2. The van der Waals surface area contributed by atoms with Crippen molar-refractivity contribution >= 4 is 0 Å². The summed E-state index contributed by atoms with van der Waals surface area (Å²) >= 11 is 0. The minimum absolute atomic E-state index is 0.00618. The van der Waals surface area contributed by atoms with E-state index in [1.54, 1.807) is 12.1 Å². The molecule has 24 heavy (non-hydrogen) atoms. The van der Waals surface area contributed by atoms with Crippen molar-refractivity contribution in [3.05, 3.63) is 0 Å². The third kappa shape index (κ3) is 2.77. The first-order chi connectivity index (χ1) is 11.6. The van der Waals surface area contributed by atoms with Crippen molar-refractivity contribution in [2.24, 2.45) is 16.2 Å². The fourth-order valence-electron chi connectivity index (χ4n) is 3.42. The lowest BCUT2D eigenvalue weighted by Crippen LogP contribution is -2.50. The zero-order valence-electron chi connectivity index (χ0n) is 13.5. The zero-order chi connectivity index (χ0) is 18.1. The Morgan fingerprint density at radius 1 is 0.417 bits per heavy atom. The van der Waals surface area contributed by atoms with E-state index in [1.165, 1.54) is 0 Å². The summed E-state index contributed by atoms with van der Waals surface area (Å²) < 4.78 is 0. The summed E-state index contributed by atoms with van der Waals surface area (Å²) in [6.07, 6.45) is 5.51. The SMILES string of the molecule is N#CC1(C#N)CCCCCCCCCC(C#N)(C#N)C1(C#N)C#N. The van der Waals surface area contributed by atoms with E-state index in [1.807, 2.05) is 24.3 Å². The average molecular weight is 318 g/mol. The van der Waals surface area contributed by atoms with Gasteiger partial charge in [0.1, 0.15) is 0 Å². The van der Waals surface area contributed by atoms with Crippen LogP contribution in [0.15, 0.2) is 0 Å². The van der Waals surface area contributed by atoms with E-state index in [4.69, 9.17) is 0 Å². The smallest absolute Gasteiger partial charge is 0.196 e. The predicted molar refractivity (Wildman–Crippen MR) is 82.5 cm³/mol. The molecule has 0 bridgehead atoms. The highest BCUT2D eigenvalue weighted by Gasteiger charge is 2.67. The zero-order valence-corrected chi connectivity index (χ0v) is 13.5. The van der Waals surface area contributed by atoms with Crippen molar-refractivity contribution in [1.29, 1.82) is 31.6 Å². The molecule has 0 radical (unpaired) electrons. The topological polar surface area (TPSA) is 143 Å². The molecule has 0 amide bonds. The van der Waals surface area contributed by atoms with Crippen LogP contribution < -0.4 is 0 Å². The van der Waals surface area contributed by atoms with Gasteiger partial charge in [0.2, 0.25) is 5.41 Å². The molecule has 0 saturated heterocycles. The van der Waals surface area contributed by atoms with Crippen LogP contribution in [0.2, 0.25) is 0 Å². The highest BCUT2D eigenvalue weighted by atomic mass is 14.6. The molecule has 120 valence electrons. The summed E-state index contributed by atoms with van der Waals surface area (Å²) in [4.78, 5) is 0. The lowest BCUT2D eigenvalue weighted by Gasteiger charge is -2.39. The van der Waals surface area contributed by atoms with Crippen LogP contribution in [0, 0.1) is 84.2 Å². The molecular formula is C18H18N6. The van der Waals surface area contributed by atoms with Crippen LogP contribution in [0.1, 0.15) is 57.8 Å². The molecule has 0 atom stereocenters. The van der Waals surface area contributed by atoms with Gasteiger partial charge in [0.15, 0.2) is 10.8 Å². The number of nitriles is 6. The Labute approximate surface area is 142 Å². The molecule has 0 N–H and O–H groups in total. The normalized spacial score (nSPS) is 22.2. The first-order valence-corrected chi connectivity index (χ1v) is 8.05. The summed E-state index contributed by atoms with van der Waals surface area (Å²) in [6.45, 7) is 0. The molecule has 6 heteroatoms. The van der Waals surface area contributed by atoms with Crippen LogP contribution in [0.25, 0.3) is 0 Å². The minimum atomic E-state index is -2.30. The molecule has 0 aromatic heterocycles. The highest BCUT2D eigenvalue weighted by molar-refractivity contribution is 5.44. The van der Waals surface area contributed by atoms with E-state index in [-0.39, 0.29) is 12.8 Å². The van der Waals surface area contributed by atoms with Crippen LogP contribution in [-0.2, 0) is 0 Å². The lowest BCUT2D eigenvalue weighted by atomic mass is 9.51. The summed E-state index contributed by atoms with van der Waals surface area (Å²) in [7, 11) is 0. The Morgan fingerprint density at radius 2 is 0.708 bits per heavy atom. The van der Waals surface area contributed by atoms with Gasteiger partial charge in [-0.2, -0.15) is 31.6 Å². The molecule has 0 heterocycles. The first-order valence-electron chi connectivity index (χ1n) is 8.05. The van der Waals surface area contributed by atoms with Gasteiger partial charge >= 0.3 is 0 Å². The molecule has 1 fully saturated rings. The van der Waals surface area contributed by atoms with Gasteiger partial charge in [-0.05, 0) is 12.8 Å². The number of rotatable bonds is 0. The van der Waals surface area contributed by atoms with Crippen molar-refractivity contribution in [3.63, 3.8) is 0 Å². The molecule has 0 spiro atoms. The molecule has 6 nitrogen and oxygen atoms in total. The van der Waals surface area contributed by atoms with Gasteiger partial charge < -0.3 is 0 Å². The van der Waals surface area contributed by atoms with Crippen molar-refractivity contribution in [1.82, 2.24) is 0 Å². The molecule has 0 aliphatic heterocycles. The number of nitrogens with zero attached hydrogens (tertiary/aromatic N) is 6. The predicted octanol–water partition coefficient (Wildman–Crippen LogP) is 3.61. The Balaban J connectivity index is 3.65. The van der Waals surface area contributed by atoms with E-state index in [2.05, 4.69) is 0 Å². The average Bonchev–Trinajstić information content (AvgIpc) is 2.63. The molecule has 0 aromatic rings. The van der Waals surface area contributed by atoms with Crippen molar-refractivity contribution in [2.75, 3.05) is 0 Å². The van der Waals surface area contributed by atoms with E-state index in [0.29, 0.717) is 12.8 Å². The first kappa shape index (κ1) is 19.0. The van der Waals surface area contributed by atoms with Crippen molar-refractivity contribution in [2.45, 2.75) is 57.8 Å². The van der Waals surface area contributed by atoms with Crippen LogP contribution in [0.4, 0.5) is 0 Å². The molecule has 1 saturated carbocycles. The van der Waals surface area contributed by atoms with E-state index in [0.717, 1.165) is 32.1 Å². The van der Waals surface area contributed by atoms with Crippen molar-refractivity contribution < 1.29 is 0 Å². The van der Waals surface area contributed by atoms with E-state index >= 15 is 0 Å². The Kier molecular flexibility index (Phi) is 6.31. The largest absolute Gasteiger partial charge is 0.206 e. The molecule has 1 rings (SSSR count). The monoisotopic (exact) mass is 318 g/mol. The van der Waals surface area contributed by atoms with E-state index in [9.17, 15) is 31.6 Å². The van der Waals surface area contributed by atoms with Gasteiger partial charge in [-0.3, -0.25) is 0 Å². The molecule has 1 aliphatic carbocycles. The fraction of sp³-hybridized carbons (Fsp3) is 0.667. The second-order valence-electron chi connectivity index (χ2n) is 6.21. The fourth-order valence-corrected chi connectivity index (χ4v) is 3.42. The van der Waals surface area contributed by atoms with Crippen LogP contribution in [-0.4, -0.2) is 0 Å². The molecule has 0 unspecified atom stereocenters. The van der Waals surface area contributed by atoms with Crippen LogP contribution in [0.5, 0.6) is 0 Å². The second kappa shape index (κ2) is 7.98. The van der Waals surface area contributed by atoms with Gasteiger partial charge in [0.25, 0.3) is 0 Å². The highest BCUT2D eigenvalue weighted by Crippen LogP contribution is 2.55. The van der Waals surface area contributed by atoms with Gasteiger partial charge in [0.05, 0.1) is 36.4 Å². The Bertz CT molecular complexity index is 620. The van der Waals surface area contributed by atoms with Gasteiger partial charge in [-0.1, -0.05) is 44.9 Å². The Morgan fingerprint density at radius 3 is 0.958 bits per heavy atom. The molecular weight excluding hydrogens is 300 g/mol. The Hall–Kier alpha value is -3.06. The van der Waals surface area contributed by atoms with E-state index < -0.39 is 16.2 Å². The second-order valence-corrected chi connectivity index (χ2v) is 6.21. The van der Waals surface area contributed by atoms with Gasteiger partial charge in [-0.25, -0.2) is 0 Å². The molecule has 0 aromatic carbocycles. The standard InChI is InChI=1S/C18H18N6/c19-10-16(11-20)8-6-4-2-1-3-5-7-9-17(12-21,13-22)18(16,14-23)15-24/h1-9H2. The summed E-state index contributed by atoms with van der Waals surface area (Å²) in [5.74, 6) is 0. The van der Waals surface area contributed by atoms with Crippen LogP contribution >= 0.6 is 0 Å². The quantitative estimate of drug-likeness (QED) is 0.667. The number of hydrogen-bond donors (Lipinski definition) is 0. The van der Waals surface area contributed by atoms with Gasteiger partial charge in [-0.15, -0.1) is 0 Å². The maximum Gasteiger partial charge on any atom is 0.206 e. The van der Waals surface area contributed by atoms with Crippen molar-refractivity contribution in [3.8, 4) is 36.4 Å². The number of hydrogen-bond acceptors (Lipinski definition) is 6. The van der Waals surface area contributed by atoms with Gasteiger partial charge in [0, 0.05) is 0 Å².